The van der Waals surface area contributed by atoms with Gasteiger partial charge in [-0.1, -0.05) is 24.3 Å². The normalized spacial score (nSPS) is 10.8. The van der Waals surface area contributed by atoms with E-state index in [0.29, 0.717) is 26.9 Å². The van der Waals surface area contributed by atoms with Gasteiger partial charge in [-0.2, -0.15) is 0 Å². The van der Waals surface area contributed by atoms with E-state index in [-0.39, 0.29) is 11.5 Å². The van der Waals surface area contributed by atoms with Crippen LogP contribution in [0, 0.1) is 4.77 Å². The van der Waals surface area contributed by atoms with Gasteiger partial charge in [0, 0.05) is 40.7 Å². The molecule has 0 saturated heterocycles. The predicted molar refractivity (Wildman–Crippen MR) is 103 cm³/mol. The van der Waals surface area contributed by atoms with Gasteiger partial charge in [0.1, 0.15) is 0 Å². The van der Waals surface area contributed by atoms with Crippen molar-refractivity contribution in [1.29, 1.82) is 0 Å². The lowest BCUT2D eigenvalue weighted by atomic mass is 10.1. The topological polar surface area (TPSA) is 82.7 Å². The first kappa shape index (κ1) is 16.0. The summed E-state index contributed by atoms with van der Waals surface area (Å²) >= 11 is 5.22. The lowest BCUT2D eigenvalue weighted by molar-refractivity contribution is 0.102. The third-order valence-corrected chi connectivity index (χ3v) is 4.34. The van der Waals surface area contributed by atoms with E-state index in [0.717, 1.165) is 5.69 Å². The van der Waals surface area contributed by atoms with Gasteiger partial charge in [0.25, 0.3) is 5.91 Å². The van der Waals surface area contributed by atoms with Gasteiger partial charge < -0.3 is 15.3 Å². The van der Waals surface area contributed by atoms with Crippen LogP contribution in [0.25, 0.3) is 16.6 Å². The molecule has 0 fully saturated rings. The van der Waals surface area contributed by atoms with Crippen molar-refractivity contribution in [2.45, 2.75) is 0 Å². The van der Waals surface area contributed by atoms with E-state index in [2.05, 4.69) is 15.3 Å². The van der Waals surface area contributed by atoms with Crippen molar-refractivity contribution in [3.63, 3.8) is 0 Å². The van der Waals surface area contributed by atoms with Crippen molar-refractivity contribution < 1.29 is 4.79 Å². The molecule has 128 valence electrons. The molecule has 6 nitrogen and oxygen atoms in total. The molecule has 7 heteroatoms. The molecule has 3 N–H and O–H groups in total. The van der Waals surface area contributed by atoms with Crippen molar-refractivity contribution in [2.75, 3.05) is 5.32 Å². The number of nitrogens with zero attached hydrogens (tertiary/aromatic N) is 1. The van der Waals surface area contributed by atoms with Gasteiger partial charge in [-0.05, 0) is 36.5 Å². The van der Waals surface area contributed by atoms with Crippen LogP contribution in [-0.2, 0) is 0 Å². The Hall–Kier alpha value is -3.45. The molecule has 0 unspecified atom stereocenters. The Bertz CT molecular complexity index is 1240. The second-order valence-electron chi connectivity index (χ2n) is 5.73. The number of H-pyrrole nitrogens is 2. The van der Waals surface area contributed by atoms with Gasteiger partial charge in [-0.3, -0.25) is 14.2 Å². The second kappa shape index (κ2) is 6.45. The van der Waals surface area contributed by atoms with E-state index in [1.165, 1.54) is 6.07 Å². The van der Waals surface area contributed by atoms with Crippen LogP contribution in [0.2, 0.25) is 0 Å². The number of nitrogens with one attached hydrogen (secondary N) is 3. The summed E-state index contributed by atoms with van der Waals surface area (Å²) in [6, 6.07) is 15.8. The highest BCUT2D eigenvalue weighted by Gasteiger charge is 2.12. The van der Waals surface area contributed by atoms with Crippen LogP contribution in [0.5, 0.6) is 0 Å². The molecule has 0 saturated carbocycles. The molecule has 4 rings (SSSR count). The minimum absolute atomic E-state index is 0.318. The number of anilines is 1. The van der Waals surface area contributed by atoms with Crippen LogP contribution in [-0.4, -0.2) is 20.4 Å². The first-order valence-electron chi connectivity index (χ1n) is 7.92. The molecule has 4 aromatic rings. The summed E-state index contributed by atoms with van der Waals surface area (Å²) in [6.45, 7) is 0. The third kappa shape index (κ3) is 2.96. The van der Waals surface area contributed by atoms with Crippen molar-refractivity contribution in [1.82, 2.24) is 14.5 Å². The summed E-state index contributed by atoms with van der Waals surface area (Å²) in [5.74, 6) is -0.345. The Morgan fingerprint density at radius 3 is 2.73 bits per heavy atom. The van der Waals surface area contributed by atoms with Crippen molar-refractivity contribution >= 4 is 34.7 Å². The summed E-state index contributed by atoms with van der Waals surface area (Å²) in [5, 5.41) is 3.54. The second-order valence-corrected chi connectivity index (χ2v) is 6.12. The number of pyridine rings is 1. The maximum absolute atomic E-state index is 12.7. The van der Waals surface area contributed by atoms with E-state index >= 15 is 0 Å². The Balaban J connectivity index is 1.71. The zero-order valence-electron chi connectivity index (χ0n) is 13.5. The van der Waals surface area contributed by atoms with Crippen molar-refractivity contribution in [3.05, 3.63) is 87.7 Å². The number of aromatic nitrogens is 3. The van der Waals surface area contributed by atoms with Crippen molar-refractivity contribution in [3.8, 4) is 5.69 Å². The van der Waals surface area contributed by atoms with Crippen LogP contribution < -0.4 is 10.9 Å². The minimum Gasteiger partial charge on any atom is -0.337 e. The molecule has 0 aliphatic heterocycles. The van der Waals surface area contributed by atoms with Gasteiger partial charge in [0.05, 0.1) is 5.56 Å². The molecule has 0 radical (unpaired) electrons. The molecule has 26 heavy (non-hydrogen) atoms. The van der Waals surface area contributed by atoms with Crippen LogP contribution in [0.15, 0.2) is 71.8 Å². The van der Waals surface area contributed by atoms with Gasteiger partial charge >= 0.3 is 0 Å². The van der Waals surface area contributed by atoms with Crippen LogP contribution in [0.1, 0.15) is 10.4 Å². The highest BCUT2D eigenvalue weighted by Crippen LogP contribution is 2.19. The quantitative estimate of drug-likeness (QED) is 0.487. The summed E-state index contributed by atoms with van der Waals surface area (Å²) in [5.41, 5.74) is 2.07. The monoisotopic (exact) mass is 362 g/mol. The number of carbonyl (C=O) groups is 1. The fraction of sp³-hybridized carbons (Fsp3) is 0. The molecular formula is C19H14N4O2S. The zero-order chi connectivity index (χ0) is 18.1. The number of hydrogen-bond acceptors (Lipinski definition) is 3. The largest absolute Gasteiger partial charge is 0.337 e. The smallest absolute Gasteiger partial charge is 0.256 e. The molecule has 0 aliphatic rings. The highest BCUT2D eigenvalue weighted by molar-refractivity contribution is 7.71. The van der Waals surface area contributed by atoms with Crippen LogP contribution >= 0.6 is 12.2 Å². The van der Waals surface area contributed by atoms with Crippen molar-refractivity contribution in [2.24, 2.45) is 0 Å². The highest BCUT2D eigenvalue weighted by atomic mass is 32.1. The van der Waals surface area contributed by atoms with Crippen LogP contribution in [0.3, 0.4) is 0 Å². The molecule has 0 atom stereocenters. The maximum Gasteiger partial charge on any atom is 0.256 e. The average molecular weight is 362 g/mol. The number of benzene rings is 2. The number of fused-ring (bicyclic) bond motifs is 1. The molecular weight excluding hydrogens is 348 g/mol. The van der Waals surface area contributed by atoms with Gasteiger partial charge in [-0.25, -0.2) is 0 Å². The predicted octanol–water partition coefficient (Wildman–Crippen LogP) is 3.63. The summed E-state index contributed by atoms with van der Waals surface area (Å²) < 4.78 is 2.36. The number of hydrogen-bond donors (Lipinski definition) is 3. The fourth-order valence-electron chi connectivity index (χ4n) is 2.85. The molecule has 0 bridgehead atoms. The molecule has 2 aromatic heterocycles. The van der Waals surface area contributed by atoms with Gasteiger partial charge in [-0.15, -0.1) is 0 Å². The van der Waals surface area contributed by atoms with Crippen LogP contribution in [0.4, 0.5) is 5.69 Å². The van der Waals surface area contributed by atoms with E-state index in [9.17, 15) is 9.59 Å². The zero-order valence-corrected chi connectivity index (χ0v) is 14.3. The fourth-order valence-corrected chi connectivity index (χ4v) is 3.08. The summed E-state index contributed by atoms with van der Waals surface area (Å²) in [6.07, 6.45) is 3.56. The molecule has 0 spiro atoms. The number of imidazole rings is 1. The third-order valence-electron chi connectivity index (χ3n) is 4.03. The molecule has 2 heterocycles. The maximum atomic E-state index is 12.7. The van der Waals surface area contributed by atoms with E-state index < -0.39 is 0 Å². The Labute approximate surface area is 153 Å². The van der Waals surface area contributed by atoms with E-state index in [1.54, 1.807) is 29.0 Å². The van der Waals surface area contributed by atoms with E-state index in [4.69, 9.17) is 12.2 Å². The first-order chi connectivity index (χ1) is 12.6. The molecule has 0 aliphatic carbocycles. The Morgan fingerprint density at radius 2 is 1.92 bits per heavy atom. The number of rotatable bonds is 3. The van der Waals surface area contributed by atoms with Gasteiger partial charge in [0.15, 0.2) is 4.77 Å². The average Bonchev–Trinajstić information content (AvgIpc) is 3.07. The number of carbonyl (C=O) groups excluding carboxylic acids is 1. The lowest BCUT2D eigenvalue weighted by Crippen LogP contribution is -2.17. The minimum atomic E-state index is -0.345. The number of aromatic amines is 2. The van der Waals surface area contributed by atoms with Gasteiger partial charge in [0.2, 0.25) is 5.56 Å². The summed E-state index contributed by atoms with van der Waals surface area (Å²) in [7, 11) is 0. The molecule has 1 amide bonds. The SMILES string of the molecule is O=C(Nc1cccc(-n2cc[nH]c2=S)c1)c1cc(=O)[nH]c2ccccc12. The molecule has 2 aromatic carbocycles. The Morgan fingerprint density at radius 1 is 1.08 bits per heavy atom. The first-order valence-corrected chi connectivity index (χ1v) is 8.32. The lowest BCUT2D eigenvalue weighted by Gasteiger charge is -2.10. The van der Waals surface area contributed by atoms with E-state index in [1.807, 2.05) is 36.5 Å². The Kier molecular flexibility index (Phi) is 3.98. The summed E-state index contributed by atoms with van der Waals surface area (Å²) in [4.78, 5) is 30.3. The number of para-hydroxylation sites is 1. The number of amides is 1. The standard InChI is InChI=1S/C19H14N4O2S/c24-17-11-15(14-6-1-2-7-16(14)22-17)18(25)21-12-4-3-5-13(10-12)23-9-8-20-19(23)26/h1-11H,(H,20,26)(H,21,25)(H,22,24).